The Balaban J connectivity index is 2.64. The molecule has 0 spiro atoms. The summed E-state index contributed by atoms with van der Waals surface area (Å²) >= 11 is 2.31. The van der Waals surface area contributed by atoms with Gasteiger partial charge in [-0.05, 0) is 12.8 Å². The van der Waals surface area contributed by atoms with Gasteiger partial charge in [0, 0.05) is 10.1 Å². The number of thioether (sulfide) groups is 1. The van der Waals surface area contributed by atoms with E-state index in [1.807, 2.05) is 0 Å². The van der Waals surface area contributed by atoms with Crippen molar-refractivity contribution in [3.05, 3.63) is 0 Å². The lowest BCUT2D eigenvalue weighted by Gasteiger charge is -2.34. The van der Waals surface area contributed by atoms with E-state index in [0.29, 0.717) is 0 Å². The summed E-state index contributed by atoms with van der Waals surface area (Å²) in [7, 11) is -0.863. The van der Waals surface area contributed by atoms with Crippen LogP contribution < -0.4 is 0 Å². The predicted octanol–water partition coefficient (Wildman–Crippen LogP) is 4.32. The molecule has 1 heterocycles. The molecule has 0 bridgehead atoms. The maximum atomic E-state index is 2.43. The van der Waals surface area contributed by atoms with Crippen molar-refractivity contribution >= 4 is 19.8 Å². The van der Waals surface area contributed by atoms with Crippen molar-refractivity contribution in [2.45, 2.75) is 68.8 Å². The van der Waals surface area contributed by atoms with Gasteiger partial charge in [0.1, 0.15) is 0 Å². The fourth-order valence-electron chi connectivity index (χ4n) is 2.69. The highest BCUT2D eigenvalue weighted by Crippen LogP contribution is 2.43. The first-order valence-electron chi connectivity index (χ1n) is 5.84. The average molecular weight is 216 g/mol. The Kier molecular flexibility index (Phi) is 4.37. The van der Waals surface area contributed by atoms with Crippen LogP contribution in [0.5, 0.6) is 0 Å². The van der Waals surface area contributed by atoms with Gasteiger partial charge >= 0.3 is 0 Å². The molecule has 0 aliphatic carbocycles. The van der Waals surface area contributed by atoms with Crippen LogP contribution in [0.3, 0.4) is 0 Å². The number of hydrogen-bond donors (Lipinski definition) is 0. The van der Waals surface area contributed by atoms with Crippen molar-refractivity contribution in [1.29, 1.82) is 0 Å². The molecule has 13 heavy (non-hydrogen) atoms. The third kappa shape index (κ3) is 2.32. The molecule has 0 nitrogen and oxygen atoms in total. The highest BCUT2D eigenvalue weighted by atomic mass is 32.2. The van der Waals surface area contributed by atoms with Crippen LogP contribution in [0.2, 0.25) is 18.1 Å². The van der Waals surface area contributed by atoms with Crippen LogP contribution in [0.25, 0.3) is 0 Å². The number of rotatable bonds is 4. The van der Waals surface area contributed by atoms with Crippen molar-refractivity contribution < 1.29 is 0 Å². The third-order valence-electron chi connectivity index (χ3n) is 4.03. The Morgan fingerprint density at radius 2 is 1.62 bits per heavy atom. The Labute approximate surface area is 88.9 Å². The fourth-order valence-corrected chi connectivity index (χ4v) is 10.8. The standard InChI is InChI=1S/C11H24SSi/c1-5-13(6-2,7-3)11-9-8-10(4)12-11/h10-11H,5-9H2,1-4H3/t10-,11+/m1/s1. The largest absolute Gasteiger partial charge is 0.159 e. The first-order valence-corrected chi connectivity index (χ1v) is 9.48. The van der Waals surface area contributed by atoms with Gasteiger partial charge < -0.3 is 0 Å². The van der Waals surface area contributed by atoms with Gasteiger partial charge in [0.15, 0.2) is 0 Å². The SMILES string of the molecule is CC[Si](CC)(CC)[C@H]1CC[C@@H](C)S1. The first-order chi connectivity index (χ1) is 6.18. The molecule has 0 aromatic heterocycles. The minimum Gasteiger partial charge on any atom is -0.159 e. The van der Waals surface area contributed by atoms with Gasteiger partial charge in [-0.2, -0.15) is 11.8 Å². The van der Waals surface area contributed by atoms with Crippen molar-refractivity contribution in [3.63, 3.8) is 0 Å². The zero-order chi connectivity index (χ0) is 9.90. The number of hydrogen-bond acceptors (Lipinski definition) is 1. The molecule has 1 saturated heterocycles. The summed E-state index contributed by atoms with van der Waals surface area (Å²) < 4.78 is 0. The van der Waals surface area contributed by atoms with E-state index in [1.54, 1.807) is 0 Å². The lowest BCUT2D eigenvalue weighted by molar-refractivity contribution is 0.804. The van der Waals surface area contributed by atoms with Crippen molar-refractivity contribution in [3.8, 4) is 0 Å². The molecule has 0 saturated carbocycles. The Morgan fingerprint density at radius 1 is 1.08 bits per heavy atom. The molecule has 0 unspecified atom stereocenters. The predicted molar refractivity (Wildman–Crippen MR) is 67.3 cm³/mol. The van der Waals surface area contributed by atoms with E-state index in [0.717, 1.165) is 10.1 Å². The fraction of sp³-hybridized carbons (Fsp3) is 1.00. The summed E-state index contributed by atoms with van der Waals surface area (Å²) in [6, 6.07) is 4.51. The van der Waals surface area contributed by atoms with Crippen LogP contribution in [-0.2, 0) is 0 Å². The first kappa shape index (κ1) is 11.6. The Morgan fingerprint density at radius 3 is 1.92 bits per heavy atom. The second kappa shape index (κ2) is 4.88. The molecule has 0 amide bonds. The average Bonchev–Trinajstić information content (AvgIpc) is 2.57. The van der Waals surface area contributed by atoms with Gasteiger partial charge in [0.25, 0.3) is 0 Å². The van der Waals surface area contributed by atoms with Gasteiger partial charge in [0.2, 0.25) is 0 Å². The van der Waals surface area contributed by atoms with Crippen LogP contribution in [0.1, 0.15) is 40.5 Å². The van der Waals surface area contributed by atoms with E-state index >= 15 is 0 Å². The summed E-state index contributed by atoms with van der Waals surface area (Å²) in [4.78, 5) is 1.09. The van der Waals surface area contributed by atoms with Crippen LogP contribution in [0, 0.1) is 0 Å². The van der Waals surface area contributed by atoms with Crippen LogP contribution in [0.15, 0.2) is 0 Å². The normalized spacial score (nSPS) is 29.5. The third-order valence-corrected chi connectivity index (χ3v) is 13.1. The zero-order valence-electron chi connectivity index (χ0n) is 9.60. The van der Waals surface area contributed by atoms with Crippen molar-refractivity contribution in [2.75, 3.05) is 0 Å². The van der Waals surface area contributed by atoms with Crippen LogP contribution in [0.4, 0.5) is 0 Å². The summed E-state index contributed by atoms with van der Waals surface area (Å²) in [5.74, 6) is 0. The van der Waals surface area contributed by atoms with Crippen LogP contribution in [-0.4, -0.2) is 18.2 Å². The highest BCUT2D eigenvalue weighted by Gasteiger charge is 2.40. The molecular formula is C11H24SSi. The maximum absolute atomic E-state index is 2.43. The molecule has 1 fully saturated rings. The topological polar surface area (TPSA) is 0 Å². The van der Waals surface area contributed by atoms with E-state index in [4.69, 9.17) is 0 Å². The van der Waals surface area contributed by atoms with E-state index in [2.05, 4.69) is 39.5 Å². The highest BCUT2D eigenvalue weighted by molar-refractivity contribution is 8.02. The van der Waals surface area contributed by atoms with E-state index in [1.165, 1.54) is 31.0 Å². The molecule has 0 aromatic carbocycles. The summed E-state index contributed by atoms with van der Waals surface area (Å²) in [5, 5.41) is 0.946. The summed E-state index contributed by atoms with van der Waals surface area (Å²) in [6.45, 7) is 9.71. The maximum Gasteiger partial charge on any atom is 0.0670 e. The minimum absolute atomic E-state index is 0.863. The van der Waals surface area contributed by atoms with E-state index in [9.17, 15) is 0 Å². The molecule has 1 aliphatic rings. The molecule has 2 atom stereocenters. The second-order valence-corrected chi connectivity index (χ2v) is 12.0. The minimum atomic E-state index is -0.863. The van der Waals surface area contributed by atoms with E-state index < -0.39 is 8.07 Å². The molecular weight excluding hydrogens is 192 g/mol. The Hall–Kier alpha value is 0.567. The lowest BCUT2D eigenvalue weighted by Crippen LogP contribution is -2.42. The monoisotopic (exact) mass is 216 g/mol. The lowest BCUT2D eigenvalue weighted by atomic mass is 10.3. The van der Waals surface area contributed by atoms with Gasteiger partial charge in [-0.3, -0.25) is 0 Å². The second-order valence-electron chi connectivity index (χ2n) is 4.44. The molecule has 0 aromatic rings. The van der Waals surface area contributed by atoms with Gasteiger partial charge in [-0.15, -0.1) is 0 Å². The van der Waals surface area contributed by atoms with Gasteiger partial charge in [-0.25, -0.2) is 0 Å². The molecule has 78 valence electrons. The summed E-state index contributed by atoms with van der Waals surface area (Å²) in [6.07, 6.45) is 3.00. The molecule has 1 aliphatic heterocycles. The van der Waals surface area contributed by atoms with E-state index in [-0.39, 0.29) is 0 Å². The van der Waals surface area contributed by atoms with Crippen molar-refractivity contribution in [1.82, 2.24) is 0 Å². The smallest absolute Gasteiger partial charge is 0.0670 e. The van der Waals surface area contributed by atoms with Gasteiger partial charge in [0.05, 0.1) is 8.07 Å². The summed E-state index contributed by atoms with van der Waals surface area (Å²) in [5.41, 5.74) is 0. The quantitative estimate of drug-likeness (QED) is 0.631. The Bertz CT molecular complexity index is 146. The molecule has 2 heteroatoms. The zero-order valence-corrected chi connectivity index (χ0v) is 11.4. The molecule has 0 radical (unpaired) electrons. The molecule has 0 N–H and O–H groups in total. The van der Waals surface area contributed by atoms with Crippen molar-refractivity contribution in [2.24, 2.45) is 0 Å². The molecule has 1 rings (SSSR count). The van der Waals surface area contributed by atoms with Gasteiger partial charge in [-0.1, -0.05) is 45.8 Å². The van der Waals surface area contributed by atoms with Crippen LogP contribution >= 0.6 is 11.8 Å².